The van der Waals surface area contributed by atoms with Gasteiger partial charge < -0.3 is 61.1 Å². The molecule has 3 unspecified atom stereocenters. The molecule has 3 atom stereocenters. The number of hydrogen-bond donors (Lipinski definition) is 6. The van der Waals surface area contributed by atoms with Gasteiger partial charge in [0.25, 0.3) is 35.4 Å². The number of likely N-dealkylation sites (N-methyl/N-ethyl adjacent to an activating group) is 6. The van der Waals surface area contributed by atoms with Crippen molar-refractivity contribution in [3.8, 4) is 0 Å². The molecule has 6 fully saturated rings. The van der Waals surface area contributed by atoms with E-state index in [0.717, 1.165) is 13.1 Å². The molecule has 0 saturated carbocycles. The fourth-order valence-corrected chi connectivity index (χ4v) is 10.2. The molecule has 0 aromatic carbocycles. The van der Waals surface area contributed by atoms with E-state index < -0.39 is 120 Å². The fourth-order valence-electron chi connectivity index (χ4n) is 10.2. The number of nitrogens with zero attached hydrogens (tertiary/aromatic N) is 9. The Balaban J connectivity index is 0.000000325. The SMILES string of the molecule is [2H]C([2H])([2H])N1CCN(C)CC1C(C)(C)C(=O)NCCC(=O)NCCC(=O)ON1C(=O)CCC1=O.[2H]C([2H])N1CCN(C([2H])([2H])[2H])C(C(C)(C)C(=O)NCCC(=O)NCCC(=O)ON2C(=O)CCC2=O)C1.[2H]CN1CCN(C)CC1C(C)(C)C(=O)NCCC(=O)NCCC(=O)ON1C(=O)CCC1=O. The molecule has 93 heavy (non-hydrogen) atoms. The van der Waals surface area contributed by atoms with Gasteiger partial charge in [0.05, 0.1) is 35.5 Å². The zero-order valence-electron chi connectivity index (χ0n) is 63.5. The number of hydrogen-bond acceptors (Lipinski definition) is 24. The minimum absolute atomic E-state index is 0.00292. The smallest absolute Gasteiger partial charge is 0.334 e. The lowest BCUT2D eigenvalue weighted by atomic mass is 9.81. The van der Waals surface area contributed by atoms with Crippen molar-refractivity contribution in [3.63, 3.8) is 0 Å². The number of amides is 12. The molecule has 0 radical (unpaired) electrons. The molecule has 6 aliphatic rings. The maximum atomic E-state index is 12.9. The zero-order chi connectivity index (χ0) is 76.8. The first-order valence-corrected chi connectivity index (χ1v) is 30.8. The Morgan fingerprint density at radius 2 is 0.645 bits per heavy atom. The van der Waals surface area contributed by atoms with Gasteiger partial charge >= 0.3 is 17.9 Å². The van der Waals surface area contributed by atoms with Crippen molar-refractivity contribution in [3.05, 3.63) is 0 Å². The topological polar surface area (TPSA) is 385 Å². The molecule has 0 aromatic rings. The van der Waals surface area contributed by atoms with Gasteiger partial charge in [-0.05, 0) is 83.6 Å². The van der Waals surface area contributed by atoms with Crippen molar-refractivity contribution in [1.82, 2.24) is 76.5 Å². The highest BCUT2D eigenvalue weighted by molar-refractivity contribution is 6.03. The van der Waals surface area contributed by atoms with Crippen LogP contribution >= 0.6 is 0 Å². The number of carbonyl (C=O) groups is 15. The van der Waals surface area contributed by atoms with Crippen LogP contribution in [0.5, 0.6) is 0 Å². The third-order valence-electron chi connectivity index (χ3n) is 16.4. The van der Waals surface area contributed by atoms with Crippen molar-refractivity contribution in [2.24, 2.45) is 16.2 Å². The first-order valence-electron chi connectivity index (χ1n) is 35.7. The van der Waals surface area contributed by atoms with Crippen LogP contribution in [0.25, 0.3) is 0 Å². The predicted octanol–water partition coefficient (Wildman–Crippen LogP) is -3.37. The molecule has 6 aliphatic heterocycles. The van der Waals surface area contributed by atoms with Crippen LogP contribution in [0.15, 0.2) is 0 Å². The number of carbonyl (C=O) groups excluding carboxylic acids is 15. The Labute approximate surface area is 556 Å². The van der Waals surface area contributed by atoms with Crippen LogP contribution in [-0.2, 0) is 86.4 Å². The lowest BCUT2D eigenvalue weighted by Crippen LogP contribution is -2.60. The summed E-state index contributed by atoms with van der Waals surface area (Å²) in [4.78, 5) is 203. The van der Waals surface area contributed by atoms with Gasteiger partial charge in [-0.3, -0.25) is 72.2 Å². The number of nitrogens with one attached hydrogen (secondary N) is 6. The summed E-state index contributed by atoms with van der Waals surface area (Å²) in [6.45, 7) is 8.08. The van der Waals surface area contributed by atoms with Crippen molar-refractivity contribution >= 4 is 88.8 Å². The van der Waals surface area contributed by atoms with Crippen LogP contribution in [0.4, 0.5) is 0 Å². The average molecular weight is 1330 g/mol. The van der Waals surface area contributed by atoms with E-state index in [2.05, 4.69) is 36.8 Å². The molecule has 0 bridgehead atoms. The van der Waals surface area contributed by atoms with Crippen LogP contribution < -0.4 is 31.9 Å². The fraction of sp³-hybridized carbons (Fsp3) is 0.750. The molecule has 33 heteroatoms. The number of imide groups is 3. The largest absolute Gasteiger partial charge is 0.355 e. The summed E-state index contributed by atoms with van der Waals surface area (Å²) in [5, 5.41) is 17.0. The van der Waals surface area contributed by atoms with Crippen molar-refractivity contribution in [2.45, 2.75) is 137 Å². The molecular weight excluding hydrogens is 1220 g/mol. The van der Waals surface area contributed by atoms with Crippen LogP contribution in [0, 0.1) is 16.2 Å². The highest BCUT2D eigenvalue weighted by atomic mass is 16.7. The molecule has 33 nitrogen and oxygen atoms in total. The third-order valence-corrected chi connectivity index (χ3v) is 16.4. The van der Waals surface area contributed by atoms with Crippen molar-refractivity contribution < 1.29 is 98.8 Å². The first kappa shape index (κ1) is 64.1. The van der Waals surface area contributed by atoms with E-state index in [1.165, 1.54) is 14.7 Å². The lowest BCUT2D eigenvalue weighted by molar-refractivity contribution is -0.197. The Morgan fingerprint density at radius 3 is 0.925 bits per heavy atom. The van der Waals surface area contributed by atoms with Crippen LogP contribution in [0.1, 0.15) is 131 Å². The van der Waals surface area contributed by atoms with E-state index in [9.17, 15) is 71.9 Å². The molecule has 0 aromatic heterocycles. The summed E-state index contributed by atoms with van der Waals surface area (Å²) in [5.74, 6) is -8.20. The monoisotopic (exact) mass is 1330 g/mol. The molecule has 6 rings (SSSR count). The molecule has 522 valence electrons. The Bertz CT molecular complexity index is 3010. The summed E-state index contributed by atoms with van der Waals surface area (Å²) in [6.07, 6.45) is -0.828. The summed E-state index contributed by atoms with van der Waals surface area (Å²) in [7, 11) is 3.99. The van der Waals surface area contributed by atoms with Crippen LogP contribution in [-0.4, -0.2) is 292 Å². The van der Waals surface area contributed by atoms with Crippen LogP contribution in [0.3, 0.4) is 0 Å². The van der Waals surface area contributed by atoms with Gasteiger partial charge in [0.1, 0.15) is 0 Å². The van der Waals surface area contributed by atoms with Gasteiger partial charge in [-0.25, -0.2) is 14.4 Å². The van der Waals surface area contributed by atoms with Crippen molar-refractivity contribution in [2.75, 3.05) is 140 Å². The third kappa shape index (κ3) is 24.0. The highest BCUT2D eigenvalue weighted by Gasteiger charge is 2.44. The molecule has 6 N–H and O–H groups in total. The minimum Gasteiger partial charge on any atom is -0.355 e. The first-order chi connectivity index (χ1) is 47.4. The predicted molar refractivity (Wildman–Crippen MR) is 330 cm³/mol. The van der Waals surface area contributed by atoms with Gasteiger partial charge in [0.2, 0.25) is 35.4 Å². The molecule has 6 saturated heterocycles. The second-order valence-electron chi connectivity index (χ2n) is 24.9. The lowest BCUT2D eigenvalue weighted by Gasteiger charge is -2.45. The van der Waals surface area contributed by atoms with Gasteiger partial charge in [-0.2, -0.15) is 0 Å². The normalized spacial score (nSPS) is 22.4. The molecule has 0 spiro atoms. The number of rotatable bonds is 27. The van der Waals surface area contributed by atoms with Crippen molar-refractivity contribution in [1.29, 1.82) is 0 Å². The Kier molecular flexibility index (Phi) is 24.9. The van der Waals surface area contributed by atoms with E-state index in [0.29, 0.717) is 41.4 Å². The summed E-state index contributed by atoms with van der Waals surface area (Å²) in [6, 6.07) is -1.42. The standard InChI is InChI=1S/3C20H33N5O6/c3*1-20(2,14-13-23(3)11-12-24(14)4)19(30)22-9-7-15(26)21-10-8-18(29)31-25-16(27)5-6-17(25)28/h3*14H,5-13H2,1-4H3,(H,21,26)(H,22,30)/i3D2,4D3;4D3;4D. The zero-order valence-corrected chi connectivity index (χ0v) is 54.5. The molecule has 12 amide bonds. The number of piperazine rings is 3. The summed E-state index contributed by atoms with van der Waals surface area (Å²) in [5.41, 5.74) is -2.96. The van der Waals surface area contributed by atoms with Gasteiger partial charge in [0.15, 0.2) is 0 Å². The molecule has 0 aliphatic carbocycles. The van der Waals surface area contributed by atoms with E-state index >= 15 is 0 Å². The number of hydroxylamine groups is 6. The quantitative estimate of drug-likeness (QED) is 0.0437. The maximum Gasteiger partial charge on any atom is 0.334 e. The average Bonchev–Trinajstić information content (AvgIpc) is 1.00. The van der Waals surface area contributed by atoms with Gasteiger partial charge in [-0.1, -0.05) is 0 Å². The Morgan fingerprint density at radius 1 is 0.387 bits per heavy atom. The Hall–Kier alpha value is -7.59. The highest BCUT2D eigenvalue weighted by Crippen LogP contribution is 2.30. The van der Waals surface area contributed by atoms with Gasteiger partial charge in [-0.15, -0.1) is 15.2 Å². The maximum absolute atomic E-state index is 12.9. The summed E-state index contributed by atoms with van der Waals surface area (Å²) >= 11 is 0. The van der Waals surface area contributed by atoms with Gasteiger partial charge in [0, 0.05) is 186 Å². The van der Waals surface area contributed by atoms with Crippen LogP contribution in [0.2, 0.25) is 0 Å². The van der Waals surface area contributed by atoms with E-state index in [-0.39, 0.29) is 167 Å². The second kappa shape index (κ2) is 36.2. The second-order valence-corrected chi connectivity index (χ2v) is 24.9. The minimum atomic E-state index is -2.45. The summed E-state index contributed by atoms with van der Waals surface area (Å²) < 4.78 is 69.9. The van der Waals surface area contributed by atoms with E-state index in [4.69, 9.17) is 26.8 Å². The van der Waals surface area contributed by atoms with E-state index in [1.807, 2.05) is 37.7 Å². The van der Waals surface area contributed by atoms with E-state index in [1.54, 1.807) is 27.7 Å². The molecular formula is C60H99N15O18. The molecule has 6 heterocycles.